The first-order valence-electron chi connectivity index (χ1n) is 8.63. The third-order valence-corrected chi connectivity index (χ3v) is 4.53. The van der Waals surface area contributed by atoms with Gasteiger partial charge in [0.2, 0.25) is 6.33 Å². The third kappa shape index (κ3) is 5.96. The molecule has 1 atom stereocenters. The summed E-state index contributed by atoms with van der Waals surface area (Å²) in [7, 11) is 1.68. The Kier molecular flexibility index (Phi) is 9.29. The molecule has 5 nitrogen and oxygen atoms in total. The quantitative estimate of drug-likeness (QED) is 0.426. The smallest absolute Gasteiger partial charge is 0.345 e. The number of aromatic amines is 1. The average molecular weight is 410 g/mol. The predicted octanol–water partition coefficient (Wildman–Crippen LogP) is -4.63. The van der Waals surface area contributed by atoms with Gasteiger partial charge in [-0.3, -0.25) is 0 Å². The molecule has 146 valence electrons. The molecule has 1 aromatic heterocycles. The number of hydrogen-bond donors (Lipinski definition) is 1. The Hall–Kier alpha value is -2.08. The normalized spacial score (nSPS) is 11.3. The maximum Gasteiger partial charge on any atom is 0.345 e. The Morgan fingerprint density at radius 3 is 2.52 bits per heavy atom. The van der Waals surface area contributed by atoms with Crippen LogP contribution in [0.2, 0.25) is 0 Å². The highest BCUT2D eigenvalue weighted by molar-refractivity contribution is 5.73. The molecule has 3 N–H and O–H groups in total. The maximum absolute atomic E-state index is 12.5. The number of nitrogens with zero attached hydrogens (tertiary/aromatic N) is 1. The van der Waals surface area contributed by atoms with E-state index in [-0.39, 0.29) is 30.4 Å². The van der Waals surface area contributed by atoms with Crippen LogP contribution in [-0.4, -0.2) is 17.7 Å². The van der Waals surface area contributed by atoms with Crippen LogP contribution in [0.5, 0.6) is 5.75 Å². The summed E-state index contributed by atoms with van der Waals surface area (Å²) < 4.78 is 6.94. The van der Waals surface area contributed by atoms with Crippen molar-refractivity contribution in [2.75, 3.05) is 7.11 Å². The third-order valence-electron chi connectivity index (χ3n) is 4.53. The van der Waals surface area contributed by atoms with E-state index in [9.17, 15) is 4.79 Å². The van der Waals surface area contributed by atoms with Crippen molar-refractivity contribution in [1.82, 2.24) is 4.57 Å². The fraction of sp³-hybridized carbons (Fsp3) is 0.300. The fourth-order valence-corrected chi connectivity index (χ4v) is 2.88. The second-order valence-electron chi connectivity index (χ2n) is 6.37. The van der Waals surface area contributed by atoms with Crippen LogP contribution in [0, 0.1) is 0 Å². The summed E-state index contributed by atoms with van der Waals surface area (Å²) in [6, 6.07) is 16.2. The number of nitrogens with two attached hydrogens (primary N) is 1. The van der Waals surface area contributed by atoms with Gasteiger partial charge < -0.3 is 34.9 Å². The maximum atomic E-state index is 12.5. The van der Waals surface area contributed by atoms with Crippen LogP contribution in [0.25, 0.3) is 10.9 Å². The van der Waals surface area contributed by atoms with Crippen molar-refractivity contribution in [2.45, 2.75) is 32.5 Å². The topological polar surface area (TPSA) is 62.0 Å². The number of aromatic nitrogens is 2. The van der Waals surface area contributed by atoms with Crippen molar-refractivity contribution < 1.29 is 39.9 Å². The molecule has 0 aliphatic carbocycles. The van der Waals surface area contributed by atoms with Gasteiger partial charge in [-0.2, -0.15) is 4.57 Å². The van der Waals surface area contributed by atoms with Crippen LogP contribution in [0.4, 0.5) is 0 Å². The van der Waals surface area contributed by atoms with Gasteiger partial charge >= 0.3 is 5.56 Å². The number of para-hydroxylation sites is 1. The summed E-state index contributed by atoms with van der Waals surface area (Å²) in [4.78, 5) is 15.7. The van der Waals surface area contributed by atoms with E-state index in [0.717, 1.165) is 29.6 Å². The summed E-state index contributed by atoms with van der Waals surface area (Å²) in [5.74, 6) is 0.878. The molecule has 1 heterocycles. The van der Waals surface area contributed by atoms with E-state index in [1.54, 1.807) is 18.0 Å². The molecule has 0 saturated carbocycles. The van der Waals surface area contributed by atoms with Crippen LogP contribution in [-0.2, 0) is 13.1 Å². The van der Waals surface area contributed by atoms with Crippen molar-refractivity contribution in [1.29, 1.82) is 0 Å². The average Bonchev–Trinajstić information content (AvgIpc) is 2.66. The first kappa shape index (κ1) is 23.0. The lowest BCUT2D eigenvalue weighted by Crippen LogP contribution is -3.00. The van der Waals surface area contributed by atoms with E-state index in [4.69, 9.17) is 4.74 Å². The molecule has 3 rings (SSSR count). The van der Waals surface area contributed by atoms with Crippen molar-refractivity contribution in [3.05, 3.63) is 70.8 Å². The molecule has 7 heteroatoms. The van der Waals surface area contributed by atoms with Crippen LogP contribution >= 0.6 is 0 Å². The number of hydrogen-bond acceptors (Lipinski definition) is 2. The van der Waals surface area contributed by atoms with Crippen molar-refractivity contribution in [3.8, 4) is 5.75 Å². The standard InChI is InChI=1S/C20H23N3O2.2ClH/c1-15(21-13-16-7-9-17(25-2)10-8-16)11-12-23-14-22-19-6-4-3-5-18(19)20(23)24;;/h3-10,14-15,21H,11-13H2,1-2H3;2*1H. The van der Waals surface area contributed by atoms with Crippen LogP contribution in [0.1, 0.15) is 18.9 Å². The lowest BCUT2D eigenvalue weighted by Gasteiger charge is -2.10. The van der Waals surface area contributed by atoms with Gasteiger partial charge in [0, 0.05) is 12.0 Å². The molecule has 0 spiro atoms. The number of halogens is 2. The summed E-state index contributed by atoms with van der Waals surface area (Å²) in [6.45, 7) is 3.82. The Morgan fingerprint density at radius 1 is 1.11 bits per heavy atom. The van der Waals surface area contributed by atoms with Crippen molar-refractivity contribution >= 4 is 10.9 Å². The Bertz CT molecular complexity index is 898. The van der Waals surface area contributed by atoms with Gasteiger partial charge in [0.25, 0.3) is 0 Å². The van der Waals surface area contributed by atoms with E-state index in [1.165, 1.54) is 5.56 Å². The summed E-state index contributed by atoms with van der Waals surface area (Å²) in [6.07, 6.45) is 2.71. The summed E-state index contributed by atoms with van der Waals surface area (Å²) >= 11 is 0. The Labute approximate surface area is 171 Å². The molecule has 1 unspecified atom stereocenters. The zero-order valence-electron chi connectivity index (χ0n) is 15.5. The SMILES string of the molecule is COc1ccc(C[NH2+]C(C)CCn2c[nH+]c3ccccc3c2=O)cc1.[Cl-].[Cl-]. The lowest BCUT2D eigenvalue weighted by atomic mass is 10.2. The number of rotatable bonds is 7. The number of nitrogens with one attached hydrogen (secondary N) is 1. The molecule has 0 bridgehead atoms. The Morgan fingerprint density at radius 2 is 1.81 bits per heavy atom. The second kappa shape index (κ2) is 10.9. The van der Waals surface area contributed by atoms with Crippen LogP contribution in [0.15, 0.2) is 59.7 Å². The first-order valence-corrected chi connectivity index (χ1v) is 8.63. The summed E-state index contributed by atoms with van der Waals surface area (Å²) in [5, 5.41) is 3.04. The minimum Gasteiger partial charge on any atom is -1.00 e. The zero-order chi connectivity index (χ0) is 17.6. The fourth-order valence-electron chi connectivity index (χ4n) is 2.88. The van der Waals surface area contributed by atoms with Crippen molar-refractivity contribution in [2.24, 2.45) is 0 Å². The van der Waals surface area contributed by atoms with E-state index in [2.05, 4.69) is 29.4 Å². The minimum absolute atomic E-state index is 0. The van der Waals surface area contributed by atoms with Gasteiger partial charge in [-0.1, -0.05) is 12.1 Å². The molecule has 0 amide bonds. The molecule has 27 heavy (non-hydrogen) atoms. The number of ether oxygens (including phenoxy) is 1. The highest BCUT2D eigenvalue weighted by Crippen LogP contribution is 2.10. The number of aryl methyl sites for hydroxylation is 1. The highest BCUT2D eigenvalue weighted by Gasteiger charge is 2.12. The highest BCUT2D eigenvalue weighted by atomic mass is 35.5. The number of fused-ring (bicyclic) bond motifs is 1. The zero-order valence-corrected chi connectivity index (χ0v) is 17.0. The van der Waals surface area contributed by atoms with Gasteiger partial charge in [-0.25, -0.2) is 9.78 Å². The molecular weight excluding hydrogens is 385 g/mol. The molecule has 0 saturated heterocycles. The monoisotopic (exact) mass is 409 g/mol. The number of H-pyrrole nitrogens is 1. The predicted molar refractivity (Wildman–Crippen MR) is 97.5 cm³/mol. The second-order valence-corrected chi connectivity index (χ2v) is 6.37. The van der Waals surface area contributed by atoms with E-state index >= 15 is 0 Å². The van der Waals surface area contributed by atoms with E-state index < -0.39 is 0 Å². The van der Waals surface area contributed by atoms with Crippen LogP contribution < -0.4 is 45.4 Å². The van der Waals surface area contributed by atoms with E-state index in [0.29, 0.717) is 12.6 Å². The Balaban J connectivity index is 0.00000182. The first-order chi connectivity index (χ1) is 12.2. The molecule has 3 aromatic rings. The molecule has 2 aromatic carbocycles. The molecule has 0 fully saturated rings. The van der Waals surface area contributed by atoms with Gasteiger partial charge in [0.15, 0.2) is 0 Å². The summed E-state index contributed by atoms with van der Waals surface area (Å²) in [5.41, 5.74) is 2.21. The number of benzene rings is 2. The molecule has 0 aliphatic heterocycles. The van der Waals surface area contributed by atoms with E-state index in [1.807, 2.05) is 36.4 Å². The molecular formula is C20H25Cl2N3O2. The number of quaternary nitrogens is 1. The van der Waals surface area contributed by atoms with Gasteiger partial charge in [0.05, 0.1) is 19.7 Å². The molecule has 0 aliphatic rings. The largest absolute Gasteiger partial charge is 1.00 e. The van der Waals surface area contributed by atoms with Crippen LogP contribution in [0.3, 0.4) is 0 Å². The number of methoxy groups -OCH3 is 1. The minimum atomic E-state index is 0. The lowest BCUT2D eigenvalue weighted by molar-refractivity contribution is -0.702. The van der Waals surface area contributed by atoms with Crippen molar-refractivity contribution in [3.63, 3.8) is 0 Å². The molecule has 0 radical (unpaired) electrons. The van der Waals surface area contributed by atoms with Gasteiger partial charge in [0.1, 0.15) is 23.2 Å². The van der Waals surface area contributed by atoms with Gasteiger partial charge in [-0.15, -0.1) is 0 Å². The van der Waals surface area contributed by atoms with Gasteiger partial charge in [-0.05, 0) is 43.3 Å².